The molecule has 1 unspecified atom stereocenters. The highest BCUT2D eigenvalue weighted by Gasteiger charge is 2.29. The van der Waals surface area contributed by atoms with Gasteiger partial charge in [0.15, 0.2) is 0 Å². The number of aliphatic hydroxyl groups excluding tert-OH is 1. The highest BCUT2D eigenvalue weighted by Crippen LogP contribution is 2.33. The second-order valence-corrected chi connectivity index (χ2v) is 10.9. The molecule has 5 rings (SSSR count). The quantitative estimate of drug-likeness (QED) is 0.183. The number of aryl methyl sites for hydroxylation is 2. The minimum absolute atomic E-state index is 0.303. The highest BCUT2D eigenvalue weighted by atomic mass is 16.5. The van der Waals surface area contributed by atoms with Crippen molar-refractivity contribution in [1.82, 2.24) is 4.90 Å². The van der Waals surface area contributed by atoms with Gasteiger partial charge in [-0.3, -0.25) is 9.69 Å². The third-order valence-electron chi connectivity index (χ3n) is 8.19. The van der Waals surface area contributed by atoms with Crippen molar-refractivity contribution in [3.05, 3.63) is 130 Å². The Kier molecular flexibility index (Phi) is 9.50. The third-order valence-corrected chi connectivity index (χ3v) is 8.19. The van der Waals surface area contributed by atoms with E-state index < -0.39 is 6.10 Å². The molecule has 0 saturated carbocycles. The van der Waals surface area contributed by atoms with Crippen LogP contribution in [0.5, 0.6) is 5.75 Å². The SMILES string of the molecule is CCc1cc2c(cc1CC)CC(N(Cc1ccccc1)CC(O)c1ccc(OCc3ccccc3)c(NC=O)c1)C2. The molecule has 0 radical (unpaired) electrons. The van der Waals surface area contributed by atoms with E-state index in [0.717, 1.165) is 43.4 Å². The Balaban J connectivity index is 1.35. The van der Waals surface area contributed by atoms with E-state index in [4.69, 9.17) is 4.74 Å². The summed E-state index contributed by atoms with van der Waals surface area (Å²) in [7, 11) is 0. The number of nitrogens with zero attached hydrogens (tertiary/aromatic N) is 1. The first-order chi connectivity index (χ1) is 20.1. The molecule has 1 atom stereocenters. The molecule has 2 N–H and O–H groups in total. The van der Waals surface area contributed by atoms with Crippen LogP contribution in [-0.2, 0) is 43.6 Å². The van der Waals surface area contributed by atoms with Gasteiger partial charge in [0.2, 0.25) is 6.41 Å². The summed E-state index contributed by atoms with van der Waals surface area (Å²) in [6.45, 7) is 6.10. The molecule has 0 spiro atoms. The van der Waals surface area contributed by atoms with E-state index in [1.807, 2.05) is 54.6 Å². The van der Waals surface area contributed by atoms with Crippen LogP contribution in [0, 0.1) is 0 Å². The van der Waals surface area contributed by atoms with E-state index >= 15 is 0 Å². The van der Waals surface area contributed by atoms with Gasteiger partial charge in [-0.1, -0.05) is 92.7 Å². The molecule has 1 aliphatic rings. The van der Waals surface area contributed by atoms with E-state index in [2.05, 4.69) is 60.5 Å². The number of ether oxygens (including phenoxy) is 1. The largest absolute Gasteiger partial charge is 0.487 e. The zero-order valence-electron chi connectivity index (χ0n) is 24.1. The first kappa shape index (κ1) is 28.6. The van der Waals surface area contributed by atoms with Gasteiger partial charge in [-0.05, 0) is 76.8 Å². The Morgan fingerprint density at radius 1 is 0.878 bits per heavy atom. The van der Waals surface area contributed by atoms with Gasteiger partial charge in [-0.15, -0.1) is 0 Å². The lowest BCUT2D eigenvalue weighted by molar-refractivity contribution is -0.105. The number of amides is 1. The topological polar surface area (TPSA) is 61.8 Å². The number of carbonyl (C=O) groups is 1. The van der Waals surface area contributed by atoms with E-state index in [1.165, 1.54) is 27.8 Å². The normalized spacial score (nSPS) is 13.7. The van der Waals surface area contributed by atoms with Crippen molar-refractivity contribution in [2.45, 2.75) is 64.8 Å². The Morgan fingerprint density at radius 2 is 1.49 bits per heavy atom. The average Bonchev–Trinajstić information content (AvgIpc) is 3.43. The van der Waals surface area contributed by atoms with Crippen LogP contribution in [0.25, 0.3) is 0 Å². The summed E-state index contributed by atoms with van der Waals surface area (Å²) in [5.74, 6) is 0.572. The summed E-state index contributed by atoms with van der Waals surface area (Å²) in [5.41, 5.74) is 9.35. The van der Waals surface area contributed by atoms with Crippen molar-refractivity contribution in [3.63, 3.8) is 0 Å². The van der Waals surface area contributed by atoms with Crippen molar-refractivity contribution in [2.75, 3.05) is 11.9 Å². The van der Waals surface area contributed by atoms with Crippen LogP contribution >= 0.6 is 0 Å². The van der Waals surface area contributed by atoms with Gasteiger partial charge >= 0.3 is 0 Å². The monoisotopic (exact) mass is 548 g/mol. The minimum atomic E-state index is -0.727. The van der Waals surface area contributed by atoms with E-state index in [0.29, 0.717) is 37.0 Å². The lowest BCUT2D eigenvalue weighted by atomic mass is 9.97. The van der Waals surface area contributed by atoms with Crippen LogP contribution in [0.1, 0.15) is 58.9 Å². The zero-order chi connectivity index (χ0) is 28.6. The number of carbonyl (C=O) groups excluding carboxylic acids is 1. The molecule has 0 fully saturated rings. The maximum atomic E-state index is 11.5. The van der Waals surface area contributed by atoms with Crippen LogP contribution in [0.2, 0.25) is 0 Å². The van der Waals surface area contributed by atoms with Crippen molar-refractivity contribution >= 4 is 12.1 Å². The number of hydrogen-bond donors (Lipinski definition) is 2. The number of benzene rings is 4. The number of anilines is 1. The zero-order valence-corrected chi connectivity index (χ0v) is 24.1. The molecule has 1 aliphatic carbocycles. The average molecular weight is 549 g/mol. The Hall–Kier alpha value is -3.93. The molecule has 0 aromatic heterocycles. The molecule has 0 aliphatic heterocycles. The van der Waals surface area contributed by atoms with Crippen molar-refractivity contribution in [3.8, 4) is 5.75 Å². The Morgan fingerprint density at radius 3 is 2.07 bits per heavy atom. The first-order valence-corrected chi connectivity index (χ1v) is 14.7. The predicted octanol–water partition coefficient (Wildman–Crippen LogP) is 6.66. The summed E-state index contributed by atoms with van der Waals surface area (Å²) in [6, 6.07) is 31.1. The number of aliphatic hydroxyl groups is 1. The van der Waals surface area contributed by atoms with Gasteiger partial charge in [0.1, 0.15) is 12.4 Å². The number of nitrogens with one attached hydrogen (secondary N) is 1. The van der Waals surface area contributed by atoms with Crippen LogP contribution < -0.4 is 10.1 Å². The fourth-order valence-electron chi connectivity index (χ4n) is 5.95. The van der Waals surface area contributed by atoms with Crippen LogP contribution in [0.3, 0.4) is 0 Å². The molecule has 41 heavy (non-hydrogen) atoms. The molecule has 5 nitrogen and oxygen atoms in total. The molecular formula is C36H40N2O3. The number of hydrogen-bond acceptors (Lipinski definition) is 4. The molecule has 0 saturated heterocycles. The van der Waals surface area contributed by atoms with Gasteiger partial charge in [0.05, 0.1) is 11.8 Å². The van der Waals surface area contributed by atoms with Gasteiger partial charge in [0.25, 0.3) is 0 Å². The lowest BCUT2D eigenvalue weighted by Crippen LogP contribution is -2.38. The summed E-state index contributed by atoms with van der Waals surface area (Å²) in [5, 5.41) is 14.3. The van der Waals surface area contributed by atoms with Gasteiger partial charge < -0.3 is 15.2 Å². The maximum absolute atomic E-state index is 11.5. The Labute approximate surface area is 243 Å². The summed E-state index contributed by atoms with van der Waals surface area (Å²) < 4.78 is 6.01. The predicted molar refractivity (Wildman–Crippen MR) is 165 cm³/mol. The summed E-state index contributed by atoms with van der Waals surface area (Å²) >= 11 is 0. The molecule has 0 heterocycles. The third kappa shape index (κ3) is 7.05. The number of fused-ring (bicyclic) bond motifs is 1. The summed E-state index contributed by atoms with van der Waals surface area (Å²) in [6.07, 6.45) is 3.99. The molecule has 5 heteroatoms. The van der Waals surface area contributed by atoms with Gasteiger partial charge in [0, 0.05) is 19.1 Å². The molecule has 212 valence electrons. The van der Waals surface area contributed by atoms with E-state index in [-0.39, 0.29) is 0 Å². The molecule has 1 amide bonds. The van der Waals surface area contributed by atoms with Crippen molar-refractivity contribution < 1.29 is 14.6 Å². The van der Waals surface area contributed by atoms with E-state index in [1.54, 1.807) is 0 Å². The fourth-order valence-corrected chi connectivity index (χ4v) is 5.95. The molecular weight excluding hydrogens is 508 g/mol. The van der Waals surface area contributed by atoms with Gasteiger partial charge in [-0.2, -0.15) is 0 Å². The number of rotatable bonds is 13. The molecule has 4 aromatic carbocycles. The second kappa shape index (κ2) is 13.6. The molecule has 0 bridgehead atoms. The van der Waals surface area contributed by atoms with Crippen LogP contribution in [0.4, 0.5) is 5.69 Å². The minimum Gasteiger partial charge on any atom is -0.487 e. The lowest BCUT2D eigenvalue weighted by Gasteiger charge is -2.31. The van der Waals surface area contributed by atoms with Crippen molar-refractivity contribution in [1.29, 1.82) is 0 Å². The van der Waals surface area contributed by atoms with Crippen LogP contribution in [0.15, 0.2) is 91.0 Å². The van der Waals surface area contributed by atoms with E-state index in [9.17, 15) is 9.90 Å². The first-order valence-electron chi connectivity index (χ1n) is 14.7. The smallest absolute Gasteiger partial charge is 0.211 e. The Bertz CT molecular complexity index is 1410. The standard InChI is InChI=1S/C36H40N2O3/c1-3-28-17-31-19-33(20-32(31)18-29(28)4-2)38(22-26-11-7-5-8-12-26)23-35(40)30-15-16-36(34(21-30)37-25-39)41-24-27-13-9-6-10-14-27/h5-18,21,25,33,35,40H,3-4,19-20,22-24H2,1-2H3,(H,37,39). The van der Waals surface area contributed by atoms with Crippen molar-refractivity contribution in [2.24, 2.45) is 0 Å². The fraction of sp³-hybridized carbons (Fsp3) is 0.306. The maximum Gasteiger partial charge on any atom is 0.211 e. The summed E-state index contributed by atoms with van der Waals surface area (Å²) in [4.78, 5) is 13.8. The molecule has 4 aromatic rings. The van der Waals surface area contributed by atoms with Crippen LogP contribution in [-0.4, -0.2) is 29.0 Å². The second-order valence-electron chi connectivity index (χ2n) is 10.9. The highest BCUT2D eigenvalue weighted by molar-refractivity contribution is 5.76. The van der Waals surface area contributed by atoms with Gasteiger partial charge in [-0.25, -0.2) is 0 Å².